The van der Waals surface area contributed by atoms with Gasteiger partial charge in [-0.05, 0) is 36.4 Å². The van der Waals surface area contributed by atoms with Gasteiger partial charge in [-0.2, -0.15) is 0 Å². The van der Waals surface area contributed by atoms with E-state index in [4.69, 9.17) is 4.74 Å². The number of carbonyl (C=O) groups excluding carboxylic acids is 1. The van der Waals surface area contributed by atoms with Crippen LogP contribution in [0, 0.1) is 5.92 Å². The zero-order chi connectivity index (χ0) is 22.2. The van der Waals surface area contributed by atoms with Gasteiger partial charge in [-0.25, -0.2) is 21.1 Å². The van der Waals surface area contributed by atoms with Crippen LogP contribution in [-0.2, 0) is 29.6 Å². The van der Waals surface area contributed by atoms with Gasteiger partial charge in [0.1, 0.15) is 0 Å². The van der Waals surface area contributed by atoms with E-state index in [1.807, 2.05) is 12.1 Å². The van der Waals surface area contributed by atoms with Crippen molar-refractivity contribution in [3.8, 4) is 0 Å². The van der Waals surface area contributed by atoms with Crippen LogP contribution in [0.5, 0.6) is 0 Å². The molecule has 0 saturated carbocycles. The van der Waals surface area contributed by atoms with E-state index >= 15 is 0 Å². The summed E-state index contributed by atoms with van der Waals surface area (Å²) in [4.78, 5) is 14.2. The number of hydrogen-bond donors (Lipinski definition) is 1. The lowest BCUT2D eigenvalue weighted by molar-refractivity contribution is -0.119. The summed E-state index contributed by atoms with van der Waals surface area (Å²) in [6.07, 6.45) is 0. The van der Waals surface area contributed by atoms with Crippen molar-refractivity contribution < 1.29 is 26.4 Å². The molecule has 4 rings (SSSR count). The predicted octanol–water partition coefficient (Wildman–Crippen LogP) is 1.64. The maximum atomic E-state index is 13.0. The number of rotatable bonds is 5. The van der Waals surface area contributed by atoms with Crippen LogP contribution in [0.15, 0.2) is 53.4 Å². The van der Waals surface area contributed by atoms with Crippen molar-refractivity contribution in [2.45, 2.75) is 11.8 Å². The molecule has 11 heteroatoms. The summed E-state index contributed by atoms with van der Waals surface area (Å²) in [5, 5.41) is 0. The molecule has 2 aliphatic rings. The van der Waals surface area contributed by atoms with E-state index < -0.39 is 31.9 Å². The van der Waals surface area contributed by atoms with Gasteiger partial charge in [-0.1, -0.05) is 19.1 Å². The first-order valence-electron chi connectivity index (χ1n) is 9.80. The number of nitrogens with one attached hydrogen (secondary N) is 1. The van der Waals surface area contributed by atoms with Gasteiger partial charge in [0.05, 0.1) is 46.8 Å². The Hall–Kier alpha value is -2.63. The van der Waals surface area contributed by atoms with Crippen molar-refractivity contribution in [3.05, 3.63) is 48.5 Å². The molecule has 0 aromatic heterocycles. The molecule has 2 heterocycles. The van der Waals surface area contributed by atoms with Gasteiger partial charge in [-0.3, -0.25) is 9.52 Å². The SMILES string of the molecule is CC1CS(=O)(=O)N(c2ccc(S(=O)(=O)Nc3ccccc3N3CCOCC3)cc2)C1=O. The Morgan fingerprint density at radius 3 is 2.29 bits per heavy atom. The van der Waals surface area contributed by atoms with E-state index in [-0.39, 0.29) is 16.3 Å². The average molecular weight is 466 g/mol. The highest BCUT2D eigenvalue weighted by Crippen LogP contribution is 2.31. The molecule has 9 nitrogen and oxygen atoms in total. The van der Waals surface area contributed by atoms with E-state index in [0.29, 0.717) is 32.0 Å². The van der Waals surface area contributed by atoms with Gasteiger partial charge >= 0.3 is 0 Å². The van der Waals surface area contributed by atoms with Crippen LogP contribution in [-0.4, -0.2) is 54.8 Å². The number of ether oxygens (including phenoxy) is 1. The summed E-state index contributed by atoms with van der Waals surface area (Å²) >= 11 is 0. The zero-order valence-corrected chi connectivity index (χ0v) is 18.5. The topological polar surface area (TPSA) is 113 Å². The molecular weight excluding hydrogens is 442 g/mol. The highest BCUT2D eigenvalue weighted by molar-refractivity contribution is 7.94. The Labute approximate surface area is 181 Å². The Bertz CT molecular complexity index is 1190. The van der Waals surface area contributed by atoms with Crippen molar-refractivity contribution in [3.63, 3.8) is 0 Å². The van der Waals surface area contributed by atoms with Crippen molar-refractivity contribution in [2.75, 3.05) is 46.0 Å². The first-order chi connectivity index (χ1) is 14.7. The minimum Gasteiger partial charge on any atom is -0.378 e. The third kappa shape index (κ3) is 4.25. The van der Waals surface area contributed by atoms with Gasteiger partial charge in [-0.15, -0.1) is 0 Å². The monoisotopic (exact) mass is 465 g/mol. The van der Waals surface area contributed by atoms with E-state index in [1.54, 1.807) is 19.1 Å². The first kappa shape index (κ1) is 21.6. The van der Waals surface area contributed by atoms with Crippen LogP contribution in [0.4, 0.5) is 17.1 Å². The zero-order valence-electron chi connectivity index (χ0n) is 16.9. The molecule has 0 bridgehead atoms. The smallest absolute Gasteiger partial charge is 0.261 e. The fourth-order valence-electron chi connectivity index (χ4n) is 3.69. The number of benzene rings is 2. The fourth-order valence-corrected chi connectivity index (χ4v) is 6.59. The summed E-state index contributed by atoms with van der Waals surface area (Å²) in [5.74, 6) is -1.41. The van der Waals surface area contributed by atoms with Crippen LogP contribution in [0.3, 0.4) is 0 Å². The van der Waals surface area contributed by atoms with Gasteiger partial charge in [0, 0.05) is 13.1 Å². The summed E-state index contributed by atoms with van der Waals surface area (Å²) in [6, 6.07) is 12.4. The molecule has 1 unspecified atom stereocenters. The van der Waals surface area contributed by atoms with Crippen molar-refractivity contribution in [2.24, 2.45) is 5.92 Å². The number of para-hydroxylation sites is 2. The van der Waals surface area contributed by atoms with Crippen molar-refractivity contribution >= 4 is 43.0 Å². The maximum Gasteiger partial charge on any atom is 0.261 e. The summed E-state index contributed by atoms with van der Waals surface area (Å²) in [5.41, 5.74) is 1.33. The second-order valence-electron chi connectivity index (χ2n) is 7.50. The lowest BCUT2D eigenvalue weighted by Crippen LogP contribution is -2.36. The molecule has 2 aromatic rings. The molecule has 2 aromatic carbocycles. The quantitative estimate of drug-likeness (QED) is 0.714. The fraction of sp³-hybridized carbons (Fsp3) is 0.350. The highest BCUT2D eigenvalue weighted by atomic mass is 32.2. The lowest BCUT2D eigenvalue weighted by Gasteiger charge is -2.30. The van der Waals surface area contributed by atoms with E-state index in [9.17, 15) is 21.6 Å². The van der Waals surface area contributed by atoms with Gasteiger partial charge in [0.25, 0.3) is 10.0 Å². The molecule has 166 valence electrons. The highest BCUT2D eigenvalue weighted by Gasteiger charge is 2.42. The Kier molecular flexibility index (Phi) is 5.67. The predicted molar refractivity (Wildman–Crippen MR) is 117 cm³/mol. The molecule has 0 aliphatic carbocycles. The lowest BCUT2D eigenvalue weighted by atomic mass is 10.2. The normalized spacial score (nSPS) is 21.3. The Balaban J connectivity index is 1.59. The van der Waals surface area contributed by atoms with Gasteiger partial charge in [0.15, 0.2) is 0 Å². The van der Waals surface area contributed by atoms with Crippen LogP contribution in [0.2, 0.25) is 0 Å². The second kappa shape index (κ2) is 8.13. The molecule has 0 spiro atoms. The van der Waals surface area contributed by atoms with E-state index in [2.05, 4.69) is 9.62 Å². The van der Waals surface area contributed by atoms with Gasteiger partial charge in [0.2, 0.25) is 15.9 Å². The summed E-state index contributed by atoms with van der Waals surface area (Å²) in [6.45, 7) is 4.00. The standard InChI is InChI=1S/C20H23N3O6S2/c1-15-14-30(25,26)23(20(15)24)16-6-8-17(9-7-16)31(27,28)21-18-4-2-3-5-19(18)22-10-12-29-13-11-22/h2-9,15,21H,10-14H2,1H3. The molecule has 1 amide bonds. The first-order valence-corrected chi connectivity index (χ1v) is 12.9. The molecule has 31 heavy (non-hydrogen) atoms. The Morgan fingerprint density at radius 2 is 1.68 bits per heavy atom. The number of anilines is 3. The van der Waals surface area contributed by atoms with Crippen LogP contribution < -0.4 is 13.9 Å². The minimum atomic E-state index is -3.93. The summed E-state index contributed by atoms with van der Waals surface area (Å²) < 4.78 is 59.1. The Morgan fingerprint density at radius 1 is 1.03 bits per heavy atom. The van der Waals surface area contributed by atoms with Crippen LogP contribution in [0.25, 0.3) is 0 Å². The molecule has 2 fully saturated rings. The molecule has 2 aliphatic heterocycles. The van der Waals surface area contributed by atoms with Crippen LogP contribution in [0.1, 0.15) is 6.92 Å². The molecule has 1 atom stereocenters. The number of nitrogens with zero attached hydrogens (tertiary/aromatic N) is 2. The maximum absolute atomic E-state index is 13.0. The molecule has 1 N–H and O–H groups in total. The number of morpholine rings is 1. The number of hydrogen-bond acceptors (Lipinski definition) is 7. The molecule has 2 saturated heterocycles. The number of carbonyl (C=O) groups is 1. The van der Waals surface area contributed by atoms with Gasteiger partial charge < -0.3 is 9.64 Å². The largest absolute Gasteiger partial charge is 0.378 e. The van der Waals surface area contributed by atoms with Crippen molar-refractivity contribution in [1.29, 1.82) is 0 Å². The number of sulfonamides is 2. The van der Waals surface area contributed by atoms with Crippen molar-refractivity contribution in [1.82, 2.24) is 0 Å². The average Bonchev–Trinajstić information content (AvgIpc) is 2.95. The number of amides is 1. The molecule has 0 radical (unpaired) electrons. The van der Waals surface area contributed by atoms with Crippen LogP contribution >= 0.6 is 0 Å². The molecular formula is C20H23N3O6S2. The van der Waals surface area contributed by atoms with E-state index in [0.717, 1.165) is 9.99 Å². The minimum absolute atomic E-state index is 0.0369. The summed E-state index contributed by atoms with van der Waals surface area (Å²) in [7, 11) is -7.68. The third-order valence-corrected chi connectivity index (χ3v) is 8.49. The third-order valence-electron chi connectivity index (χ3n) is 5.24. The second-order valence-corrected chi connectivity index (χ2v) is 11.0. The van der Waals surface area contributed by atoms with E-state index in [1.165, 1.54) is 24.3 Å².